The summed E-state index contributed by atoms with van der Waals surface area (Å²) >= 11 is 3.13. The van der Waals surface area contributed by atoms with Gasteiger partial charge in [-0.3, -0.25) is 19.2 Å². The van der Waals surface area contributed by atoms with Crippen molar-refractivity contribution in [3.8, 4) is 0 Å². The average molecular weight is 534 g/mol. The Balaban J connectivity index is 3.58. The van der Waals surface area contributed by atoms with Gasteiger partial charge >= 0.3 is 11.9 Å². The summed E-state index contributed by atoms with van der Waals surface area (Å²) in [6, 6.07) is 0. The van der Waals surface area contributed by atoms with E-state index in [0.29, 0.717) is 24.6 Å². The Morgan fingerprint density at radius 2 is 0.939 bits per heavy atom. The zero-order chi connectivity index (χ0) is 24.7. The average Bonchev–Trinajstić information content (AvgIpc) is 2.77. The van der Waals surface area contributed by atoms with Gasteiger partial charge in [-0.15, -0.1) is 0 Å². The minimum absolute atomic E-state index is 0.0558. The van der Waals surface area contributed by atoms with Crippen LogP contribution in [-0.2, 0) is 19.2 Å². The van der Waals surface area contributed by atoms with Crippen LogP contribution in [0, 0.1) is 5.92 Å². The molecule has 0 saturated carbocycles. The molecule has 0 saturated heterocycles. The van der Waals surface area contributed by atoms with Crippen molar-refractivity contribution in [2.45, 2.75) is 128 Å². The number of aliphatic carboxylic acids is 2. The molecule has 0 bridgehead atoms. The van der Waals surface area contributed by atoms with Gasteiger partial charge in [0.25, 0.3) is 0 Å². The molecule has 0 fully saturated rings. The topological polar surface area (TPSA) is 109 Å². The van der Waals surface area contributed by atoms with Crippen LogP contribution in [0.2, 0.25) is 0 Å². The molecule has 0 spiro atoms. The molecular weight excluding hydrogens is 488 g/mol. The minimum Gasteiger partial charge on any atom is -0.481 e. The standard InChI is InChI=1S/C26H45BrO6/c27-21-24(29)18-14-11-12-16-22(26(32)33)20-23(28)17-13-9-7-5-3-1-2-4-6-8-10-15-19-25(30)31/h22H,1-21H2,(H,30,31)(H,32,33). The first-order valence-electron chi connectivity index (χ1n) is 12.9. The Kier molecular flexibility index (Phi) is 21.7. The number of carboxylic acids is 2. The summed E-state index contributed by atoms with van der Waals surface area (Å²) in [4.78, 5) is 45.3. The highest BCUT2D eigenvalue weighted by Gasteiger charge is 2.20. The molecule has 0 aliphatic carbocycles. The van der Waals surface area contributed by atoms with Gasteiger partial charge in [0.2, 0.25) is 0 Å². The Morgan fingerprint density at radius 1 is 0.545 bits per heavy atom. The number of carboxylic acid groups (broad SMARTS) is 2. The second kappa shape index (κ2) is 22.5. The predicted octanol–water partition coefficient (Wildman–Crippen LogP) is 7.11. The van der Waals surface area contributed by atoms with Crippen LogP contribution in [0.3, 0.4) is 0 Å². The van der Waals surface area contributed by atoms with E-state index in [-0.39, 0.29) is 24.4 Å². The van der Waals surface area contributed by atoms with E-state index in [9.17, 15) is 24.3 Å². The summed E-state index contributed by atoms with van der Waals surface area (Å²) in [7, 11) is 0. The van der Waals surface area contributed by atoms with E-state index >= 15 is 0 Å². The van der Waals surface area contributed by atoms with E-state index in [1.165, 1.54) is 38.5 Å². The molecule has 2 N–H and O–H groups in total. The first-order chi connectivity index (χ1) is 15.9. The van der Waals surface area contributed by atoms with Crippen LogP contribution in [0.15, 0.2) is 0 Å². The molecule has 0 aromatic rings. The van der Waals surface area contributed by atoms with Crippen LogP contribution < -0.4 is 0 Å². The van der Waals surface area contributed by atoms with Crippen molar-refractivity contribution < 1.29 is 29.4 Å². The molecule has 0 rings (SSSR count). The molecule has 0 aromatic heterocycles. The molecule has 192 valence electrons. The smallest absolute Gasteiger partial charge is 0.306 e. The largest absolute Gasteiger partial charge is 0.481 e. The minimum atomic E-state index is -0.889. The van der Waals surface area contributed by atoms with Crippen molar-refractivity contribution >= 4 is 39.4 Å². The van der Waals surface area contributed by atoms with Crippen LogP contribution in [-0.4, -0.2) is 39.0 Å². The second-order valence-corrected chi connectivity index (χ2v) is 9.75. The first-order valence-corrected chi connectivity index (χ1v) is 14.0. The van der Waals surface area contributed by atoms with Gasteiger partial charge in [0, 0.05) is 25.7 Å². The Bertz CT molecular complexity index is 549. The van der Waals surface area contributed by atoms with Gasteiger partial charge in [-0.05, 0) is 25.7 Å². The number of halogens is 1. The summed E-state index contributed by atoms with van der Waals surface area (Å²) in [6.45, 7) is 0. The highest BCUT2D eigenvalue weighted by atomic mass is 79.9. The molecule has 1 unspecified atom stereocenters. The third-order valence-corrected chi connectivity index (χ3v) is 6.70. The van der Waals surface area contributed by atoms with Crippen molar-refractivity contribution in [2.75, 3.05) is 5.33 Å². The summed E-state index contributed by atoms with van der Waals surface area (Å²) in [5, 5.41) is 18.3. The lowest BCUT2D eigenvalue weighted by atomic mass is 9.93. The molecule has 0 amide bonds. The van der Waals surface area contributed by atoms with E-state index < -0.39 is 17.9 Å². The predicted molar refractivity (Wildman–Crippen MR) is 135 cm³/mol. The van der Waals surface area contributed by atoms with Crippen molar-refractivity contribution in [2.24, 2.45) is 5.92 Å². The van der Waals surface area contributed by atoms with Gasteiger partial charge in [-0.25, -0.2) is 0 Å². The zero-order valence-electron chi connectivity index (χ0n) is 20.3. The molecule has 0 aliphatic rings. The number of rotatable bonds is 25. The lowest BCUT2D eigenvalue weighted by Crippen LogP contribution is -2.18. The summed E-state index contributed by atoms with van der Waals surface area (Å²) in [5.74, 6) is -1.96. The van der Waals surface area contributed by atoms with Gasteiger partial charge in [0.05, 0.1) is 11.2 Å². The molecule has 0 aromatic carbocycles. The quantitative estimate of drug-likeness (QED) is 0.0957. The number of ketones is 2. The maximum Gasteiger partial charge on any atom is 0.306 e. The molecule has 0 radical (unpaired) electrons. The molecule has 7 heteroatoms. The van der Waals surface area contributed by atoms with E-state index in [1.54, 1.807) is 0 Å². The van der Waals surface area contributed by atoms with E-state index in [0.717, 1.165) is 57.8 Å². The maximum atomic E-state index is 12.2. The number of unbranched alkanes of at least 4 members (excludes halogenated alkanes) is 13. The Hall–Kier alpha value is -1.24. The van der Waals surface area contributed by atoms with Crippen LogP contribution in [0.5, 0.6) is 0 Å². The van der Waals surface area contributed by atoms with Crippen molar-refractivity contribution in [1.29, 1.82) is 0 Å². The van der Waals surface area contributed by atoms with Gasteiger partial charge in [0.15, 0.2) is 0 Å². The molecule has 33 heavy (non-hydrogen) atoms. The van der Waals surface area contributed by atoms with E-state index in [2.05, 4.69) is 15.9 Å². The number of hydrogen-bond donors (Lipinski definition) is 2. The van der Waals surface area contributed by atoms with Crippen molar-refractivity contribution in [1.82, 2.24) is 0 Å². The van der Waals surface area contributed by atoms with Gasteiger partial charge in [0.1, 0.15) is 11.6 Å². The highest BCUT2D eigenvalue weighted by Crippen LogP contribution is 2.18. The van der Waals surface area contributed by atoms with Crippen LogP contribution >= 0.6 is 15.9 Å². The molecular formula is C26H45BrO6. The molecule has 0 heterocycles. The van der Waals surface area contributed by atoms with Crippen LogP contribution in [0.4, 0.5) is 0 Å². The summed E-state index contributed by atoms with van der Waals surface area (Å²) in [6.07, 6.45) is 17.5. The summed E-state index contributed by atoms with van der Waals surface area (Å²) in [5.41, 5.74) is 0. The number of Topliss-reactive ketones (excluding diaryl/α,β-unsaturated/α-hetero) is 2. The van der Waals surface area contributed by atoms with Gasteiger partial charge < -0.3 is 10.2 Å². The highest BCUT2D eigenvalue weighted by molar-refractivity contribution is 9.09. The van der Waals surface area contributed by atoms with Gasteiger partial charge in [-0.2, -0.15) is 0 Å². The monoisotopic (exact) mass is 532 g/mol. The second-order valence-electron chi connectivity index (χ2n) is 9.19. The molecule has 0 aliphatic heterocycles. The number of carbonyl (C=O) groups excluding carboxylic acids is 2. The third kappa shape index (κ3) is 22.3. The third-order valence-electron chi connectivity index (χ3n) is 6.08. The Labute approximate surface area is 208 Å². The van der Waals surface area contributed by atoms with E-state index in [1.807, 2.05) is 0 Å². The Morgan fingerprint density at radius 3 is 1.36 bits per heavy atom. The lowest BCUT2D eigenvalue weighted by molar-refractivity contribution is -0.144. The number of alkyl halides is 1. The summed E-state index contributed by atoms with van der Waals surface area (Å²) < 4.78 is 0. The lowest BCUT2D eigenvalue weighted by Gasteiger charge is -2.11. The fourth-order valence-electron chi connectivity index (χ4n) is 4.01. The molecule has 6 nitrogen and oxygen atoms in total. The van der Waals surface area contributed by atoms with Crippen molar-refractivity contribution in [3.05, 3.63) is 0 Å². The first kappa shape index (κ1) is 31.8. The zero-order valence-corrected chi connectivity index (χ0v) is 21.9. The van der Waals surface area contributed by atoms with Crippen molar-refractivity contribution in [3.63, 3.8) is 0 Å². The van der Waals surface area contributed by atoms with E-state index in [4.69, 9.17) is 5.11 Å². The molecule has 1 atom stereocenters. The van der Waals surface area contributed by atoms with Gasteiger partial charge in [-0.1, -0.05) is 93.0 Å². The maximum absolute atomic E-state index is 12.2. The SMILES string of the molecule is O=C(O)CCCCCCCCCCCCCCC(=O)CC(CCCCCC(=O)CBr)C(=O)O. The number of carbonyl (C=O) groups is 4. The number of hydrogen-bond acceptors (Lipinski definition) is 4. The van der Waals surface area contributed by atoms with Crippen LogP contribution in [0.25, 0.3) is 0 Å². The fraction of sp³-hybridized carbons (Fsp3) is 0.846. The fourth-order valence-corrected chi connectivity index (χ4v) is 4.29. The normalized spacial score (nSPS) is 11.9. The van der Waals surface area contributed by atoms with Crippen LogP contribution in [0.1, 0.15) is 128 Å².